The maximum Gasteiger partial charge on any atom is 0.223 e. The summed E-state index contributed by atoms with van der Waals surface area (Å²) in [5, 5.41) is 8.68. The summed E-state index contributed by atoms with van der Waals surface area (Å²) in [4.78, 5) is 31.6. The summed E-state index contributed by atoms with van der Waals surface area (Å²) in [5.41, 5.74) is 1.14. The van der Waals surface area contributed by atoms with Crippen molar-refractivity contribution >= 4 is 28.8 Å². The van der Waals surface area contributed by atoms with E-state index in [1.165, 1.54) is 0 Å². The first kappa shape index (κ1) is 18.9. The fourth-order valence-corrected chi connectivity index (χ4v) is 4.58. The molecule has 2 fully saturated rings. The minimum Gasteiger partial charge on any atom is -0.351 e. The second kappa shape index (κ2) is 8.27. The maximum absolute atomic E-state index is 12.7. The van der Waals surface area contributed by atoms with Crippen LogP contribution in [-0.4, -0.2) is 48.9 Å². The molecule has 0 radical (unpaired) electrons. The van der Waals surface area contributed by atoms with Crippen LogP contribution in [0.2, 0.25) is 0 Å². The molecule has 2 aliphatic rings. The average Bonchev–Trinajstić information content (AvgIpc) is 2.74. The van der Waals surface area contributed by atoms with E-state index in [4.69, 9.17) is 0 Å². The van der Waals surface area contributed by atoms with Gasteiger partial charge in [0, 0.05) is 24.0 Å². The number of rotatable bonds is 4. The quantitative estimate of drug-likeness (QED) is 0.796. The molecule has 1 aromatic carbocycles. The molecule has 2 N–H and O–H groups in total. The van der Waals surface area contributed by atoms with Crippen molar-refractivity contribution in [2.24, 2.45) is 5.92 Å². The largest absolute Gasteiger partial charge is 0.351 e. The van der Waals surface area contributed by atoms with Gasteiger partial charge in [0.2, 0.25) is 5.91 Å². The molecule has 0 spiro atoms. The predicted octanol–water partition coefficient (Wildman–Crippen LogP) is 2.20. The monoisotopic (exact) mass is 380 g/mol. The van der Waals surface area contributed by atoms with Crippen LogP contribution in [0.1, 0.15) is 31.2 Å². The average molecular weight is 380 g/mol. The molecule has 148 valence electrons. The highest BCUT2D eigenvalue weighted by Gasteiger charge is 2.35. The molecule has 1 amide bonds. The van der Waals surface area contributed by atoms with Crippen LogP contribution in [0.25, 0.3) is 10.8 Å². The molecule has 2 aromatic rings. The van der Waals surface area contributed by atoms with Gasteiger partial charge in [-0.25, -0.2) is 4.98 Å². The second-order valence-corrected chi connectivity index (χ2v) is 7.91. The lowest BCUT2D eigenvalue weighted by atomic mass is 9.93. The third kappa shape index (κ3) is 3.61. The van der Waals surface area contributed by atoms with Crippen molar-refractivity contribution in [1.82, 2.24) is 15.6 Å². The molecule has 2 saturated heterocycles. The first-order valence-corrected chi connectivity index (χ1v) is 10.3. The Balaban J connectivity index is 1.60. The van der Waals surface area contributed by atoms with Gasteiger partial charge in [0.15, 0.2) is 0 Å². The fraction of sp³-hybridized carbons (Fsp3) is 0.500. The first-order chi connectivity index (χ1) is 13.7. The Morgan fingerprint density at radius 3 is 2.86 bits per heavy atom. The Kier molecular flexibility index (Phi) is 5.57. The van der Waals surface area contributed by atoms with E-state index in [1.54, 1.807) is 6.20 Å². The summed E-state index contributed by atoms with van der Waals surface area (Å²) in [6, 6.07) is 7.62. The number of hydrogen-bond donors (Lipinski definition) is 2. The zero-order valence-corrected chi connectivity index (χ0v) is 16.4. The van der Waals surface area contributed by atoms with Crippen molar-refractivity contribution in [2.75, 3.05) is 24.5 Å². The summed E-state index contributed by atoms with van der Waals surface area (Å²) in [5.74, 6) is 0.970. The van der Waals surface area contributed by atoms with Crippen LogP contribution in [0.15, 0.2) is 30.5 Å². The zero-order chi connectivity index (χ0) is 19.5. The topological polar surface area (TPSA) is 74.3 Å². The van der Waals surface area contributed by atoms with Crippen LogP contribution in [-0.2, 0) is 9.59 Å². The number of nitrogens with zero attached hydrogens (tertiary/aromatic N) is 2. The Morgan fingerprint density at radius 2 is 2.07 bits per heavy atom. The number of hydrogen-bond acceptors (Lipinski definition) is 5. The van der Waals surface area contributed by atoms with Gasteiger partial charge >= 0.3 is 0 Å². The van der Waals surface area contributed by atoms with E-state index >= 15 is 0 Å². The van der Waals surface area contributed by atoms with E-state index < -0.39 is 6.04 Å². The van der Waals surface area contributed by atoms with Gasteiger partial charge in [0.25, 0.3) is 0 Å². The molecule has 0 aliphatic carbocycles. The molecule has 4 rings (SSSR count). The molecule has 3 heterocycles. The van der Waals surface area contributed by atoms with Crippen LogP contribution in [0.4, 0.5) is 5.82 Å². The summed E-state index contributed by atoms with van der Waals surface area (Å²) >= 11 is 0. The van der Waals surface area contributed by atoms with E-state index in [9.17, 15) is 9.59 Å². The third-order valence-corrected chi connectivity index (χ3v) is 6.11. The molecule has 6 nitrogen and oxygen atoms in total. The number of aldehydes is 1. The molecule has 0 unspecified atom stereocenters. The molecule has 28 heavy (non-hydrogen) atoms. The summed E-state index contributed by atoms with van der Waals surface area (Å²) in [6.07, 6.45) is 6.24. The lowest BCUT2D eigenvalue weighted by Gasteiger charge is -2.40. The van der Waals surface area contributed by atoms with Gasteiger partial charge in [0.05, 0.1) is 6.04 Å². The van der Waals surface area contributed by atoms with Crippen LogP contribution in [0.3, 0.4) is 0 Å². The Labute approximate surface area is 165 Å². The molecule has 2 aliphatic heterocycles. The number of carbonyl (C=O) groups is 2. The number of fused-ring (bicyclic) bond motifs is 1. The first-order valence-electron chi connectivity index (χ1n) is 10.3. The number of nitrogens with one attached hydrogen (secondary N) is 2. The van der Waals surface area contributed by atoms with Gasteiger partial charge in [-0.2, -0.15) is 0 Å². The lowest BCUT2D eigenvalue weighted by molar-refractivity contribution is -0.126. The highest BCUT2D eigenvalue weighted by molar-refractivity contribution is 5.95. The van der Waals surface area contributed by atoms with Crippen molar-refractivity contribution in [3.8, 4) is 0 Å². The third-order valence-electron chi connectivity index (χ3n) is 6.11. The van der Waals surface area contributed by atoms with E-state index in [0.29, 0.717) is 0 Å². The fourth-order valence-electron chi connectivity index (χ4n) is 4.58. The summed E-state index contributed by atoms with van der Waals surface area (Å²) in [7, 11) is 0. The normalized spacial score (nSPS) is 23.5. The number of carbonyl (C=O) groups excluding carboxylic acids is 2. The van der Waals surface area contributed by atoms with Crippen LogP contribution in [0, 0.1) is 12.8 Å². The van der Waals surface area contributed by atoms with Crippen LogP contribution >= 0.6 is 0 Å². The van der Waals surface area contributed by atoms with Crippen LogP contribution in [0.5, 0.6) is 0 Å². The summed E-state index contributed by atoms with van der Waals surface area (Å²) in [6.45, 7) is 4.60. The van der Waals surface area contributed by atoms with Crippen molar-refractivity contribution in [1.29, 1.82) is 0 Å². The number of amides is 1. The Hall–Kier alpha value is -2.47. The van der Waals surface area contributed by atoms with Gasteiger partial charge in [0.1, 0.15) is 18.1 Å². The van der Waals surface area contributed by atoms with Crippen molar-refractivity contribution in [2.45, 2.75) is 44.7 Å². The second-order valence-electron chi connectivity index (χ2n) is 7.91. The van der Waals surface area contributed by atoms with E-state index in [0.717, 1.165) is 73.8 Å². The van der Waals surface area contributed by atoms with E-state index in [1.807, 2.05) is 12.1 Å². The minimum atomic E-state index is -0.392. The van der Waals surface area contributed by atoms with Crippen molar-refractivity contribution < 1.29 is 9.59 Å². The number of aryl methyl sites for hydroxylation is 1. The van der Waals surface area contributed by atoms with E-state index in [-0.39, 0.29) is 17.9 Å². The van der Waals surface area contributed by atoms with Gasteiger partial charge in [-0.05, 0) is 62.7 Å². The SMILES string of the molecule is Cc1cccc2ccnc(N3CCC[C@@H](NC(=O)C4CCNCC4)[C@@H]3C=O)c12. The number of benzene rings is 1. The molecular formula is C22H28N4O2. The molecular weight excluding hydrogens is 352 g/mol. The Morgan fingerprint density at radius 1 is 1.25 bits per heavy atom. The molecule has 6 heteroatoms. The highest BCUT2D eigenvalue weighted by Crippen LogP contribution is 2.31. The van der Waals surface area contributed by atoms with Crippen molar-refractivity contribution in [3.63, 3.8) is 0 Å². The van der Waals surface area contributed by atoms with Gasteiger partial charge in [-0.3, -0.25) is 4.79 Å². The highest BCUT2D eigenvalue weighted by atomic mass is 16.2. The molecule has 0 saturated carbocycles. The smallest absolute Gasteiger partial charge is 0.223 e. The standard InChI is InChI=1S/C22H28N4O2/c1-15-4-2-5-16-9-12-24-21(20(15)16)26-13-3-6-18(19(26)14-27)25-22(28)17-7-10-23-11-8-17/h2,4-5,9,12,14,17-19,23H,3,6-8,10-11,13H2,1H3,(H,25,28)/t18-,19+/m1/s1. The molecule has 1 aromatic heterocycles. The van der Waals surface area contributed by atoms with Crippen molar-refractivity contribution in [3.05, 3.63) is 36.0 Å². The number of pyridine rings is 1. The van der Waals surface area contributed by atoms with E-state index in [2.05, 4.69) is 39.6 Å². The van der Waals surface area contributed by atoms with Gasteiger partial charge in [-0.15, -0.1) is 0 Å². The lowest BCUT2D eigenvalue weighted by Crippen LogP contribution is -2.57. The number of anilines is 1. The van der Waals surface area contributed by atoms with Crippen LogP contribution < -0.4 is 15.5 Å². The number of piperidine rings is 2. The zero-order valence-electron chi connectivity index (χ0n) is 16.4. The number of aromatic nitrogens is 1. The summed E-state index contributed by atoms with van der Waals surface area (Å²) < 4.78 is 0. The Bertz CT molecular complexity index is 857. The predicted molar refractivity (Wildman–Crippen MR) is 110 cm³/mol. The van der Waals surface area contributed by atoms with Gasteiger partial charge in [-0.1, -0.05) is 18.2 Å². The van der Waals surface area contributed by atoms with Gasteiger partial charge < -0.3 is 20.3 Å². The minimum absolute atomic E-state index is 0.0434. The maximum atomic E-state index is 12.7. The molecule has 0 bridgehead atoms. The molecule has 2 atom stereocenters.